The van der Waals surface area contributed by atoms with Crippen molar-refractivity contribution in [3.05, 3.63) is 35.4 Å². The molecule has 0 fully saturated rings. The van der Waals surface area contributed by atoms with Crippen LogP contribution in [0.1, 0.15) is 29.8 Å². The summed E-state index contributed by atoms with van der Waals surface area (Å²) in [5.41, 5.74) is -2.74. The number of carbonyl (C=O) groups excluding carboxylic acids is 3. The van der Waals surface area contributed by atoms with Crippen LogP contribution in [0.4, 0.5) is 0 Å². The maximum absolute atomic E-state index is 13.0. The van der Waals surface area contributed by atoms with Gasteiger partial charge in [-0.3, -0.25) is 14.5 Å². The molecule has 2 amide bonds. The van der Waals surface area contributed by atoms with Crippen LogP contribution in [0.5, 0.6) is 0 Å². The highest BCUT2D eigenvalue weighted by atomic mass is 16.6. The molecule has 0 unspecified atom stereocenters. The summed E-state index contributed by atoms with van der Waals surface area (Å²) in [5.74, 6) is -1.62. The van der Waals surface area contributed by atoms with Gasteiger partial charge in [-0.05, 0) is 13.0 Å². The number of methoxy groups -OCH3 is 1. The van der Waals surface area contributed by atoms with E-state index in [1.807, 2.05) is 0 Å². The molecule has 7 nitrogen and oxygen atoms in total. The van der Waals surface area contributed by atoms with Gasteiger partial charge < -0.3 is 9.47 Å². The lowest BCUT2D eigenvalue weighted by molar-refractivity contribution is -0.166. The van der Waals surface area contributed by atoms with E-state index < -0.39 is 28.9 Å². The molecule has 1 spiro atoms. The Morgan fingerprint density at radius 1 is 1.30 bits per heavy atom. The Balaban J connectivity index is 2.37. The van der Waals surface area contributed by atoms with Crippen molar-refractivity contribution >= 4 is 23.7 Å². The zero-order chi connectivity index (χ0) is 17.0. The molecule has 1 aromatic carbocycles. The Morgan fingerprint density at radius 3 is 2.61 bits per heavy atom. The van der Waals surface area contributed by atoms with Gasteiger partial charge in [0, 0.05) is 25.1 Å². The lowest BCUT2D eigenvalue weighted by Gasteiger charge is -2.42. The van der Waals surface area contributed by atoms with Crippen LogP contribution in [0.25, 0.3) is 0 Å². The molecular formula is C16H16N2O5. The van der Waals surface area contributed by atoms with Crippen LogP contribution in [0, 0.1) is 0 Å². The number of likely N-dealkylation sites (N-methyl/N-ethyl adjacent to an activating group) is 1. The Labute approximate surface area is 132 Å². The molecule has 0 saturated carbocycles. The molecule has 0 saturated heterocycles. The lowest BCUT2D eigenvalue weighted by Crippen LogP contribution is -2.64. The van der Waals surface area contributed by atoms with Crippen molar-refractivity contribution in [2.45, 2.75) is 25.0 Å². The Kier molecular flexibility index (Phi) is 3.07. The molecule has 0 bridgehead atoms. The maximum Gasteiger partial charge on any atom is 0.338 e. The van der Waals surface area contributed by atoms with Gasteiger partial charge in [0.05, 0.1) is 7.11 Å². The van der Waals surface area contributed by atoms with Crippen molar-refractivity contribution in [3.8, 4) is 0 Å². The fourth-order valence-electron chi connectivity index (χ4n) is 3.30. The number of imide groups is 1. The molecule has 2 aliphatic rings. The van der Waals surface area contributed by atoms with E-state index in [2.05, 4.69) is 4.99 Å². The van der Waals surface area contributed by atoms with Gasteiger partial charge in [0.15, 0.2) is 5.90 Å². The van der Waals surface area contributed by atoms with Crippen LogP contribution in [-0.2, 0) is 24.7 Å². The summed E-state index contributed by atoms with van der Waals surface area (Å²) in [6.07, 6.45) is 0. The third-order valence-corrected chi connectivity index (χ3v) is 4.40. The first-order valence-corrected chi connectivity index (χ1v) is 7.05. The van der Waals surface area contributed by atoms with Crippen LogP contribution in [0.15, 0.2) is 29.3 Å². The number of benzene rings is 1. The minimum atomic E-state index is -1.75. The van der Waals surface area contributed by atoms with Crippen LogP contribution in [0.2, 0.25) is 0 Å². The highest BCUT2D eigenvalue weighted by Gasteiger charge is 2.70. The summed E-state index contributed by atoms with van der Waals surface area (Å²) >= 11 is 0. The Morgan fingerprint density at radius 2 is 1.96 bits per heavy atom. The van der Waals surface area contributed by atoms with Crippen LogP contribution < -0.4 is 0 Å². The minimum absolute atomic E-state index is 0.184. The van der Waals surface area contributed by atoms with Crippen molar-refractivity contribution in [2.24, 2.45) is 4.99 Å². The number of carbonyl (C=O) groups is 3. The zero-order valence-corrected chi connectivity index (χ0v) is 13.2. The van der Waals surface area contributed by atoms with Crippen molar-refractivity contribution in [3.63, 3.8) is 0 Å². The second kappa shape index (κ2) is 4.65. The molecule has 0 aliphatic carbocycles. The summed E-state index contributed by atoms with van der Waals surface area (Å²) in [6, 6.07) is 6.57. The highest BCUT2D eigenvalue weighted by Crippen LogP contribution is 2.49. The number of fused-ring (bicyclic) bond motifs is 2. The van der Waals surface area contributed by atoms with Crippen molar-refractivity contribution in [1.82, 2.24) is 4.90 Å². The molecule has 2 atom stereocenters. The summed E-state index contributed by atoms with van der Waals surface area (Å²) in [6.45, 7) is 3.04. The van der Waals surface area contributed by atoms with Gasteiger partial charge in [0.25, 0.3) is 11.8 Å². The smallest absolute Gasteiger partial charge is 0.338 e. The minimum Gasteiger partial charge on any atom is -0.467 e. The van der Waals surface area contributed by atoms with E-state index in [1.54, 1.807) is 31.2 Å². The normalized spacial score (nSPS) is 29.2. The quantitative estimate of drug-likeness (QED) is 0.567. The predicted octanol–water partition coefficient (Wildman–Crippen LogP) is 0.874. The first-order chi connectivity index (χ1) is 10.8. The molecule has 120 valence electrons. The van der Waals surface area contributed by atoms with E-state index in [-0.39, 0.29) is 5.90 Å². The molecule has 0 N–H and O–H groups in total. The van der Waals surface area contributed by atoms with Gasteiger partial charge in [-0.15, -0.1) is 0 Å². The van der Waals surface area contributed by atoms with Crippen LogP contribution >= 0.6 is 0 Å². The molecule has 0 aromatic heterocycles. The topological polar surface area (TPSA) is 85.3 Å². The van der Waals surface area contributed by atoms with E-state index in [4.69, 9.17) is 9.47 Å². The standard InChI is InChI=1S/C16H16N2O5/c1-9-17-15(2,14(21)22-4)16(23-9)11-8-6-5-7-10(11)12(19)18(3)13(16)20/h5-8H,1-4H3/t15-,16-/m1/s1. The first kappa shape index (κ1) is 15.2. The van der Waals surface area contributed by atoms with Gasteiger partial charge in [0.1, 0.15) is 0 Å². The lowest BCUT2D eigenvalue weighted by atomic mass is 9.72. The van der Waals surface area contributed by atoms with Crippen molar-refractivity contribution < 1.29 is 23.9 Å². The number of hydrogen-bond acceptors (Lipinski definition) is 6. The molecule has 1 aromatic rings. The highest BCUT2D eigenvalue weighted by molar-refractivity contribution is 6.16. The Hall–Kier alpha value is -2.70. The fraction of sp³-hybridized carbons (Fsp3) is 0.375. The van der Waals surface area contributed by atoms with Gasteiger partial charge in [-0.25, -0.2) is 9.79 Å². The molecule has 3 rings (SSSR count). The number of esters is 1. The fourth-order valence-corrected chi connectivity index (χ4v) is 3.30. The second-order valence-corrected chi connectivity index (χ2v) is 5.69. The molecular weight excluding hydrogens is 300 g/mol. The van der Waals surface area contributed by atoms with Gasteiger partial charge >= 0.3 is 5.97 Å². The summed E-state index contributed by atoms with van der Waals surface area (Å²) in [7, 11) is 2.58. The van der Waals surface area contributed by atoms with E-state index in [1.165, 1.54) is 21.1 Å². The first-order valence-electron chi connectivity index (χ1n) is 7.05. The summed E-state index contributed by atoms with van der Waals surface area (Å²) < 4.78 is 10.6. The molecule has 23 heavy (non-hydrogen) atoms. The Bertz CT molecular complexity index is 771. The predicted molar refractivity (Wildman–Crippen MR) is 79.8 cm³/mol. The summed E-state index contributed by atoms with van der Waals surface area (Å²) in [5, 5.41) is 0. The number of ether oxygens (including phenoxy) is 2. The monoisotopic (exact) mass is 316 g/mol. The van der Waals surface area contributed by atoms with E-state index >= 15 is 0 Å². The number of nitrogens with zero attached hydrogens (tertiary/aromatic N) is 2. The number of amides is 2. The van der Waals surface area contributed by atoms with E-state index in [0.29, 0.717) is 11.1 Å². The van der Waals surface area contributed by atoms with Crippen LogP contribution in [0.3, 0.4) is 0 Å². The molecule has 2 aliphatic heterocycles. The largest absolute Gasteiger partial charge is 0.467 e. The third-order valence-electron chi connectivity index (χ3n) is 4.40. The van der Waals surface area contributed by atoms with Gasteiger partial charge in [0.2, 0.25) is 11.1 Å². The molecule has 0 radical (unpaired) electrons. The van der Waals surface area contributed by atoms with E-state index in [0.717, 1.165) is 4.90 Å². The van der Waals surface area contributed by atoms with Crippen molar-refractivity contribution in [2.75, 3.05) is 14.2 Å². The SMILES string of the molecule is COC(=O)[C@@]1(C)N=C(C)O[C@]12C(=O)N(C)C(=O)c1ccccc12. The number of hydrogen-bond donors (Lipinski definition) is 0. The average Bonchev–Trinajstić information content (AvgIpc) is 2.83. The molecule has 7 heteroatoms. The van der Waals surface area contributed by atoms with Crippen molar-refractivity contribution in [1.29, 1.82) is 0 Å². The summed E-state index contributed by atoms with van der Waals surface area (Å²) in [4.78, 5) is 43.0. The zero-order valence-electron chi connectivity index (χ0n) is 13.2. The second-order valence-electron chi connectivity index (χ2n) is 5.69. The van der Waals surface area contributed by atoms with Crippen LogP contribution in [-0.4, -0.2) is 48.3 Å². The molecule has 2 heterocycles. The van der Waals surface area contributed by atoms with Gasteiger partial charge in [-0.2, -0.15) is 0 Å². The van der Waals surface area contributed by atoms with E-state index in [9.17, 15) is 14.4 Å². The maximum atomic E-state index is 13.0. The third kappa shape index (κ3) is 1.64. The number of rotatable bonds is 1. The average molecular weight is 316 g/mol. The number of aliphatic imine (C=N–C) groups is 1. The van der Waals surface area contributed by atoms with Gasteiger partial charge in [-0.1, -0.05) is 18.2 Å².